The van der Waals surface area contributed by atoms with Crippen molar-refractivity contribution in [2.24, 2.45) is 0 Å². The molecule has 0 heterocycles. The summed E-state index contributed by atoms with van der Waals surface area (Å²) in [5.74, 6) is 1.23. The second-order valence-corrected chi connectivity index (χ2v) is 4.20. The number of nitrogens with two attached hydrogens (primary N) is 1. The third-order valence-electron chi connectivity index (χ3n) is 2.17. The van der Waals surface area contributed by atoms with Crippen LogP contribution in [-0.2, 0) is 0 Å². The van der Waals surface area contributed by atoms with E-state index >= 15 is 0 Å². The maximum absolute atomic E-state index is 5.89. The molecule has 1 rings (SSSR count). The first-order chi connectivity index (χ1) is 7.00. The van der Waals surface area contributed by atoms with Crippen molar-refractivity contribution in [2.45, 2.75) is 26.7 Å². The maximum Gasteiger partial charge on any atom is 0.142 e. The van der Waals surface area contributed by atoms with E-state index < -0.39 is 0 Å². The molecular formula is C13H19NO. The molecule has 0 radical (unpaired) electrons. The van der Waals surface area contributed by atoms with E-state index in [-0.39, 0.29) is 0 Å². The minimum atomic E-state index is 0.488. The lowest BCUT2D eigenvalue weighted by Crippen LogP contribution is -2.01. The zero-order chi connectivity index (χ0) is 11.4. The molecule has 0 atom stereocenters. The van der Waals surface area contributed by atoms with Gasteiger partial charge in [-0.25, -0.2) is 0 Å². The van der Waals surface area contributed by atoms with Gasteiger partial charge in [0, 0.05) is 0 Å². The molecule has 0 bridgehead atoms. The molecule has 0 saturated carbocycles. The third kappa shape index (κ3) is 3.31. The quantitative estimate of drug-likeness (QED) is 0.604. The van der Waals surface area contributed by atoms with Crippen LogP contribution < -0.4 is 10.5 Å². The van der Waals surface area contributed by atoms with Crippen LogP contribution in [0, 0.1) is 0 Å². The average molecular weight is 205 g/mol. The minimum absolute atomic E-state index is 0.488. The Morgan fingerprint density at radius 3 is 2.60 bits per heavy atom. The van der Waals surface area contributed by atoms with E-state index in [0.29, 0.717) is 18.2 Å². The second-order valence-electron chi connectivity index (χ2n) is 4.20. The van der Waals surface area contributed by atoms with Crippen LogP contribution in [0.15, 0.2) is 30.4 Å². The minimum Gasteiger partial charge on any atom is -0.487 e. The van der Waals surface area contributed by atoms with Crippen molar-refractivity contribution < 1.29 is 4.74 Å². The average Bonchev–Trinajstić information content (AvgIpc) is 2.15. The van der Waals surface area contributed by atoms with E-state index in [1.165, 1.54) is 5.56 Å². The molecule has 0 fully saturated rings. The number of benzene rings is 1. The highest BCUT2D eigenvalue weighted by Crippen LogP contribution is 2.26. The van der Waals surface area contributed by atoms with Gasteiger partial charge in [-0.05, 0) is 36.1 Å². The van der Waals surface area contributed by atoms with Gasteiger partial charge in [0.1, 0.15) is 12.4 Å². The fraction of sp³-hybridized carbons (Fsp3) is 0.385. The number of rotatable bonds is 4. The standard InChI is InChI=1S/C13H19NO/c1-9(2)8-15-13-6-5-11(10(3)4)7-12(13)14/h5-7,10H,1,8,14H2,2-4H3. The molecule has 0 saturated heterocycles. The van der Waals surface area contributed by atoms with Crippen LogP contribution in [-0.4, -0.2) is 6.61 Å². The number of hydrogen-bond donors (Lipinski definition) is 1. The largest absolute Gasteiger partial charge is 0.487 e. The summed E-state index contributed by atoms with van der Waals surface area (Å²) in [5, 5.41) is 0. The molecule has 82 valence electrons. The van der Waals surface area contributed by atoms with E-state index in [4.69, 9.17) is 10.5 Å². The fourth-order valence-electron chi connectivity index (χ4n) is 1.26. The zero-order valence-electron chi connectivity index (χ0n) is 9.71. The zero-order valence-corrected chi connectivity index (χ0v) is 9.71. The van der Waals surface area contributed by atoms with Crippen molar-refractivity contribution in [1.29, 1.82) is 0 Å². The van der Waals surface area contributed by atoms with E-state index in [9.17, 15) is 0 Å². The van der Waals surface area contributed by atoms with Gasteiger partial charge in [0.2, 0.25) is 0 Å². The van der Waals surface area contributed by atoms with Gasteiger partial charge in [0.15, 0.2) is 0 Å². The fourth-order valence-corrected chi connectivity index (χ4v) is 1.26. The number of anilines is 1. The van der Waals surface area contributed by atoms with Gasteiger partial charge in [0.25, 0.3) is 0 Å². The predicted octanol–water partition coefficient (Wildman–Crippen LogP) is 3.35. The Morgan fingerprint density at radius 1 is 1.47 bits per heavy atom. The van der Waals surface area contributed by atoms with Crippen molar-refractivity contribution in [3.8, 4) is 5.75 Å². The predicted molar refractivity (Wildman–Crippen MR) is 65.3 cm³/mol. The SMILES string of the molecule is C=C(C)COc1ccc(C(C)C)cc1N. The first-order valence-electron chi connectivity index (χ1n) is 5.17. The molecular weight excluding hydrogens is 186 g/mol. The number of hydrogen-bond acceptors (Lipinski definition) is 2. The molecule has 2 nitrogen and oxygen atoms in total. The van der Waals surface area contributed by atoms with Gasteiger partial charge in [-0.2, -0.15) is 0 Å². The summed E-state index contributed by atoms with van der Waals surface area (Å²) >= 11 is 0. The Labute approximate surface area is 91.7 Å². The third-order valence-corrected chi connectivity index (χ3v) is 2.17. The van der Waals surface area contributed by atoms with Gasteiger partial charge >= 0.3 is 0 Å². The molecule has 0 aliphatic heterocycles. The van der Waals surface area contributed by atoms with Crippen molar-refractivity contribution in [3.63, 3.8) is 0 Å². The molecule has 1 aromatic rings. The molecule has 1 aromatic carbocycles. The first-order valence-corrected chi connectivity index (χ1v) is 5.17. The monoisotopic (exact) mass is 205 g/mol. The van der Waals surface area contributed by atoms with E-state index in [0.717, 1.165) is 11.3 Å². The highest BCUT2D eigenvalue weighted by atomic mass is 16.5. The normalized spacial score (nSPS) is 10.4. The Hall–Kier alpha value is -1.44. The Morgan fingerprint density at radius 2 is 2.13 bits per heavy atom. The van der Waals surface area contributed by atoms with Gasteiger partial charge < -0.3 is 10.5 Å². The Kier molecular flexibility index (Phi) is 3.78. The molecule has 0 aromatic heterocycles. The van der Waals surface area contributed by atoms with Gasteiger partial charge in [-0.1, -0.05) is 26.5 Å². The second kappa shape index (κ2) is 4.87. The van der Waals surface area contributed by atoms with Crippen LogP contribution in [0.25, 0.3) is 0 Å². The van der Waals surface area contributed by atoms with Gasteiger partial charge in [-0.15, -0.1) is 0 Å². The van der Waals surface area contributed by atoms with Crippen LogP contribution in [0.1, 0.15) is 32.3 Å². The molecule has 0 amide bonds. The molecule has 0 aliphatic rings. The summed E-state index contributed by atoms with van der Waals surface area (Å²) < 4.78 is 5.51. The van der Waals surface area contributed by atoms with Crippen molar-refractivity contribution in [2.75, 3.05) is 12.3 Å². The molecule has 0 unspecified atom stereocenters. The molecule has 2 N–H and O–H groups in total. The summed E-state index contributed by atoms with van der Waals surface area (Å²) in [6.45, 7) is 10.5. The van der Waals surface area contributed by atoms with Gasteiger partial charge in [-0.3, -0.25) is 0 Å². The van der Waals surface area contributed by atoms with Crippen molar-refractivity contribution >= 4 is 5.69 Å². The van der Waals surface area contributed by atoms with Crippen LogP contribution in [0.3, 0.4) is 0 Å². The topological polar surface area (TPSA) is 35.2 Å². The maximum atomic E-state index is 5.89. The highest BCUT2D eigenvalue weighted by molar-refractivity contribution is 5.54. The lowest BCUT2D eigenvalue weighted by molar-refractivity contribution is 0.354. The van der Waals surface area contributed by atoms with Crippen molar-refractivity contribution in [3.05, 3.63) is 35.9 Å². The van der Waals surface area contributed by atoms with Gasteiger partial charge in [0.05, 0.1) is 5.69 Å². The Bertz CT molecular complexity index is 356. The number of nitrogen functional groups attached to an aromatic ring is 1. The van der Waals surface area contributed by atoms with E-state index in [1.807, 2.05) is 19.1 Å². The van der Waals surface area contributed by atoms with E-state index in [2.05, 4.69) is 26.5 Å². The van der Waals surface area contributed by atoms with Crippen LogP contribution in [0.5, 0.6) is 5.75 Å². The van der Waals surface area contributed by atoms with Crippen LogP contribution in [0.2, 0.25) is 0 Å². The smallest absolute Gasteiger partial charge is 0.142 e. The molecule has 2 heteroatoms. The first kappa shape index (κ1) is 11.6. The summed E-state index contributed by atoms with van der Waals surface area (Å²) in [6, 6.07) is 5.95. The van der Waals surface area contributed by atoms with Crippen molar-refractivity contribution in [1.82, 2.24) is 0 Å². The number of ether oxygens (including phenoxy) is 1. The van der Waals surface area contributed by atoms with E-state index in [1.54, 1.807) is 0 Å². The molecule has 0 aliphatic carbocycles. The lowest BCUT2D eigenvalue weighted by atomic mass is 10.0. The molecule has 15 heavy (non-hydrogen) atoms. The van der Waals surface area contributed by atoms with Crippen LogP contribution >= 0.6 is 0 Å². The Balaban J connectivity index is 2.79. The summed E-state index contributed by atoms with van der Waals surface area (Å²) in [6.07, 6.45) is 0. The summed E-state index contributed by atoms with van der Waals surface area (Å²) in [7, 11) is 0. The van der Waals surface area contributed by atoms with Crippen LogP contribution in [0.4, 0.5) is 5.69 Å². The highest BCUT2D eigenvalue weighted by Gasteiger charge is 2.04. The molecule has 0 spiro atoms. The summed E-state index contributed by atoms with van der Waals surface area (Å²) in [5.41, 5.74) is 8.81. The summed E-state index contributed by atoms with van der Waals surface area (Å²) in [4.78, 5) is 0. The lowest BCUT2D eigenvalue weighted by Gasteiger charge is -2.11.